The van der Waals surface area contributed by atoms with E-state index in [1.807, 2.05) is 0 Å². The first kappa shape index (κ1) is 15.6. The lowest BCUT2D eigenvalue weighted by Crippen LogP contribution is -2.45. The van der Waals surface area contributed by atoms with E-state index < -0.39 is 0 Å². The number of nitrogens with one attached hydrogen (secondary N) is 2. The standard InChI is InChI=1S/C12H25N3O2S/c1-13-11(14-5-8-18-2)15-9-12(3-6-16)4-7-17-10-12/h16H,3-10H2,1-2H3,(H2,13,14,15). The average Bonchev–Trinajstić information content (AvgIpc) is 2.83. The molecule has 18 heavy (non-hydrogen) atoms. The summed E-state index contributed by atoms with van der Waals surface area (Å²) in [5.41, 5.74) is 0.0614. The third-order valence-corrected chi connectivity index (χ3v) is 3.89. The molecular formula is C12H25N3O2S. The van der Waals surface area contributed by atoms with E-state index in [0.29, 0.717) is 0 Å². The second-order valence-electron chi connectivity index (χ2n) is 4.62. The van der Waals surface area contributed by atoms with Crippen molar-refractivity contribution < 1.29 is 9.84 Å². The molecule has 1 fully saturated rings. The molecule has 1 saturated heterocycles. The van der Waals surface area contributed by atoms with Gasteiger partial charge in [-0.2, -0.15) is 11.8 Å². The molecule has 0 aromatic heterocycles. The Hall–Kier alpha value is -0.460. The number of aliphatic imine (C=N–C) groups is 1. The topological polar surface area (TPSA) is 65.9 Å². The molecule has 0 bridgehead atoms. The molecule has 0 amide bonds. The SMILES string of the molecule is CN=C(NCCSC)NCC1(CCO)CCOC1. The van der Waals surface area contributed by atoms with Crippen LogP contribution >= 0.6 is 11.8 Å². The Morgan fingerprint density at radius 1 is 1.50 bits per heavy atom. The Kier molecular flexibility index (Phi) is 7.46. The van der Waals surface area contributed by atoms with E-state index in [-0.39, 0.29) is 12.0 Å². The van der Waals surface area contributed by atoms with Crippen molar-refractivity contribution in [3.63, 3.8) is 0 Å². The monoisotopic (exact) mass is 275 g/mol. The second kappa shape index (κ2) is 8.61. The van der Waals surface area contributed by atoms with Gasteiger partial charge in [0.15, 0.2) is 5.96 Å². The lowest BCUT2D eigenvalue weighted by molar-refractivity contribution is 0.127. The number of hydrogen-bond acceptors (Lipinski definition) is 4. The Morgan fingerprint density at radius 3 is 2.89 bits per heavy atom. The van der Waals surface area contributed by atoms with E-state index in [1.165, 1.54) is 0 Å². The molecule has 1 unspecified atom stereocenters. The summed E-state index contributed by atoms with van der Waals surface area (Å²) >= 11 is 1.81. The summed E-state index contributed by atoms with van der Waals surface area (Å²) in [6, 6.07) is 0. The van der Waals surface area contributed by atoms with Crippen LogP contribution in [-0.2, 0) is 4.74 Å². The lowest BCUT2D eigenvalue weighted by atomic mass is 9.84. The summed E-state index contributed by atoms with van der Waals surface area (Å²) < 4.78 is 5.46. The fourth-order valence-electron chi connectivity index (χ4n) is 2.07. The number of hydrogen-bond donors (Lipinski definition) is 3. The first-order chi connectivity index (χ1) is 8.76. The number of rotatable bonds is 7. The molecule has 1 heterocycles. The number of aliphatic hydroxyl groups is 1. The molecule has 0 spiro atoms. The lowest BCUT2D eigenvalue weighted by Gasteiger charge is -2.27. The summed E-state index contributed by atoms with van der Waals surface area (Å²) in [7, 11) is 1.78. The molecule has 1 rings (SSSR count). The van der Waals surface area contributed by atoms with Gasteiger partial charge in [0.25, 0.3) is 0 Å². The van der Waals surface area contributed by atoms with E-state index in [2.05, 4.69) is 21.9 Å². The first-order valence-electron chi connectivity index (χ1n) is 6.38. The average molecular weight is 275 g/mol. The third kappa shape index (κ3) is 5.04. The smallest absolute Gasteiger partial charge is 0.191 e. The van der Waals surface area contributed by atoms with Crippen LogP contribution in [0, 0.1) is 5.41 Å². The van der Waals surface area contributed by atoms with Gasteiger partial charge in [0.1, 0.15) is 0 Å². The molecule has 3 N–H and O–H groups in total. The van der Waals surface area contributed by atoms with Crippen LogP contribution in [0.5, 0.6) is 0 Å². The van der Waals surface area contributed by atoms with Gasteiger partial charge in [-0.15, -0.1) is 0 Å². The van der Waals surface area contributed by atoms with Gasteiger partial charge in [-0.3, -0.25) is 4.99 Å². The minimum absolute atomic E-state index is 0.0614. The van der Waals surface area contributed by atoms with E-state index in [4.69, 9.17) is 9.84 Å². The largest absolute Gasteiger partial charge is 0.396 e. The van der Waals surface area contributed by atoms with Gasteiger partial charge in [0.05, 0.1) is 6.61 Å². The summed E-state index contributed by atoms with van der Waals surface area (Å²) in [5.74, 6) is 1.89. The Morgan fingerprint density at radius 2 is 2.33 bits per heavy atom. The van der Waals surface area contributed by atoms with Crippen molar-refractivity contribution in [2.24, 2.45) is 10.4 Å². The molecule has 0 aromatic carbocycles. The molecular weight excluding hydrogens is 250 g/mol. The van der Waals surface area contributed by atoms with Crippen molar-refractivity contribution in [2.45, 2.75) is 12.8 Å². The zero-order valence-corrected chi connectivity index (χ0v) is 12.2. The number of aliphatic hydroxyl groups excluding tert-OH is 1. The van der Waals surface area contributed by atoms with Crippen LogP contribution in [0.3, 0.4) is 0 Å². The molecule has 5 nitrogen and oxygen atoms in total. The summed E-state index contributed by atoms with van der Waals surface area (Å²) in [4.78, 5) is 4.19. The van der Waals surface area contributed by atoms with Crippen molar-refractivity contribution in [3.05, 3.63) is 0 Å². The summed E-state index contributed by atoms with van der Waals surface area (Å²) in [6.45, 7) is 3.43. The van der Waals surface area contributed by atoms with Gasteiger partial charge >= 0.3 is 0 Å². The molecule has 1 aliphatic rings. The van der Waals surface area contributed by atoms with Crippen molar-refractivity contribution in [2.75, 3.05) is 52.0 Å². The molecule has 0 aliphatic carbocycles. The highest BCUT2D eigenvalue weighted by Crippen LogP contribution is 2.31. The fourth-order valence-corrected chi connectivity index (χ4v) is 2.38. The number of ether oxygens (including phenoxy) is 1. The Labute approximate surface area is 114 Å². The van der Waals surface area contributed by atoms with Gasteiger partial charge in [-0.1, -0.05) is 0 Å². The molecule has 6 heteroatoms. The number of guanidine groups is 1. The zero-order valence-electron chi connectivity index (χ0n) is 11.4. The predicted molar refractivity (Wildman–Crippen MR) is 77.3 cm³/mol. The highest BCUT2D eigenvalue weighted by Gasteiger charge is 2.34. The van der Waals surface area contributed by atoms with Crippen LogP contribution in [0.2, 0.25) is 0 Å². The Bertz CT molecular complexity index is 256. The second-order valence-corrected chi connectivity index (χ2v) is 5.61. The van der Waals surface area contributed by atoms with Crippen molar-refractivity contribution in [1.29, 1.82) is 0 Å². The molecule has 0 aromatic rings. The normalized spacial score (nSPS) is 24.3. The molecule has 1 atom stereocenters. The Balaban J connectivity index is 2.35. The first-order valence-corrected chi connectivity index (χ1v) is 7.78. The number of thioether (sulfide) groups is 1. The highest BCUT2D eigenvalue weighted by atomic mass is 32.2. The summed E-state index contributed by atoms with van der Waals surface area (Å²) in [6.07, 6.45) is 3.87. The molecule has 0 saturated carbocycles. The predicted octanol–water partition coefficient (Wildman–Crippen LogP) is 0.304. The maximum Gasteiger partial charge on any atom is 0.191 e. The minimum atomic E-state index is 0.0614. The van der Waals surface area contributed by atoms with Crippen molar-refractivity contribution in [1.82, 2.24) is 10.6 Å². The number of nitrogens with zero attached hydrogens (tertiary/aromatic N) is 1. The fraction of sp³-hybridized carbons (Fsp3) is 0.917. The van der Waals surface area contributed by atoms with Crippen LogP contribution in [-0.4, -0.2) is 63.0 Å². The summed E-state index contributed by atoms with van der Waals surface area (Å²) in [5, 5.41) is 15.8. The van der Waals surface area contributed by atoms with Crippen LogP contribution in [0.25, 0.3) is 0 Å². The van der Waals surface area contributed by atoms with Crippen LogP contribution in [0.15, 0.2) is 4.99 Å². The van der Waals surface area contributed by atoms with E-state index in [9.17, 15) is 0 Å². The molecule has 1 aliphatic heterocycles. The van der Waals surface area contributed by atoms with Crippen LogP contribution in [0.4, 0.5) is 0 Å². The van der Waals surface area contributed by atoms with Crippen molar-refractivity contribution >= 4 is 17.7 Å². The maximum atomic E-state index is 9.16. The zero-order chi connectivity index (χ0) is 13.3. The van der Waals surface area contributed by atoms with E-state index >= 15 is 0 Å². The van der Waals surface area contributed by atoms with E-state index in [0.717, 1.165) is 50.9 Å². The quantitative estimate of drug-likeness (QED) is 0.354. The maximum absolute atomic E-state index is 9.16. The van der Waals surface area contributed by atoms with Gasteiger partial charge in [0, 0.05) is 44.5 Å². The third-order valence-electron chi connectivity index (χ3n) is 3.28. The van der Waals surface area contributed by atoms with Gasteiger partial charge in [-0.05, 0) is 19.1 Å². The van der Waals surface area contributed by atoms with Gasteiger partial charge < -0.3 is 20.5 Å². The minimum Gasteiger partial charge on any atom is -0.396 e. The van der Waals surface area contributed by atoms with Crippen LogP contribution < -0.4 is 10.6 Å². The molecule has 106 valence electrons. The van der Waals surface area contributed by atoms with Crippen molar-refractivity contribution in [3.8, 4) is 0 Å². The van der Waals surface area contributed by atoms with Crippen LogP contribution in [0.1, 0.15) is 12.8 Å². The van der Waals surface area contributed by atoms with Gasteiger partial charge in [0.2, 0.25) is 0 Å². The van der Waals surface area contributed by atoms with Gasteiger partial charge in [-0.25, -0.2) is 0 Å². The highest BCUT2D eigenvalue weighted by molar-refractivity contribution is 7.98. The molecule has 0 radical (unpaired) electrons. The van der Waals surface area contributed by atoms with E-state index in [1.54, 1.807) is 18.8 Å².